The van der Waals surface area contributed by atoms with E-state index >= 15 is 0 Å². The molecule has 1 aliphatic carbocycles. The highest BCUT2D eigenvalue weighted by atomic mass is 32.2. The highest BCUT2D eigenvalue weighted by Gasteiger charge is 2.29. The van der Waals surface area contributed by atoms with Gasteiger partial charge in [-0.1, -0.05) is 18.7 Å². The van der Waals surface area contributed by atoms with Gasteiger partial charge in [-0.15, -0.1) is 22.7 Å². The first kappa shape index (κ1) is 24.7. The molecular formula is C22H28N2O5S3. The number of ether oxygens (including phenoxy) is 2. The average molecular weight is 497 g/mol. The van der Waals surface area contributed by atoms with Gasteiger partial charge in [0.2, 0.25) is 5.91 Å². The first-order valence-corrected chi connectivity index (χ1v) is 13.3. The minimum absolute atomic E-state index is 0.123. The molecule has 1 amide bonds. The van der Waals surface area contributed by atoms with Crippen LogP contribution in [0, 0.1) is 5.92 Å². The van der Waals surface area contributed by atoms with Crippen LogP contribution in [0.5, 0.6) is 0 Å². The van der Waals surface area contributed by atoms with Crippen molar-refractivity contribution in [1.29, 1.82) is 0 Å². The van der Waals surface area contributed by atoms with E-state index in [1.165, 1.54) is 34.4 Å². The van der Waals surface area contributed by atoms with Crippen molar-refractivity contribution in [2.24, 2.45) is 5.92 Å². The molecule has 0 radical (unpaired) electrons. The molecule has 0 fully saturated rings. The fourth-order valence-corrected chi connectivity index (χ4v) is 6.47. The van der Waals surface area contributed by atoms with Crippen LogP contribution in [0.25, 0.3) is 0 Å². The Morgan fingerprint density at radius 2 is 2.12 bits per heavy atom. The number of thioether (sulfide) groups is 1. The van der Waals surface area contributed by atoms with Gasteiger partial charge in [-0.05, 0) is 51.5 Å². The zero-order chi connectivity index (χ0) is 23.3. The fourth-order valence-electron chi connectivity index (χ4n) is 3.41. The lowest BCUT2D eigenvalue weighted by Gasteiger charge is -2.18. The van der Waals surface area contributed by atoms with Crippen molar-refractivity contribution >= 4 is 57.3 Å². The van der Waals surface area contributed by atoms with Crippen LogP contribution in [-0.4, -0.2) is 41.3 Å². The number of thiophene rings is 1. The predicted molar refractivity (Wildman–Crippen MR) is 128 cm³/mol. The average Bonchev–Trinajstić information content (AvgIpc) is 3.29. The summed E-state index contributed by atoms with van der Waals surface area (Å²) in [6.45, 7) is 7.93. The summed E-state index contributed by atoms with van der Waals surface area (Å²) in [5.41, 5.74) is 2.16. The van der Waals surface area contributed by atoms with E-state index < -0.39 is 0 Å². The Hall–Kier alpha value is -1.91. The Morgan fingerprint density at radius 3 is 2.84 bits per heavy atom. The topological polar surface area (TPSA) is 94.6 Å². The Balaban J connectivity index is 1.65. The van der Waals surface area contributed by atoms with Crippen LogP contribution < -0.4 is 5.32 Å². The van der Waals surface area contributed by atoms with E-state index in [9.17, 15) is 14.4 Å². The number of amides is 1. The molecule has 2 aromatic heterocycles. The van der Waals surface area contributed by atoms with E-state index in [-0.39, 0.29) is 36.1 Å². The Bertz CT molecular complexity index is 982. The minimum Gasteiger partial charge on any atom is -0.466 e. The van der Waals surface area contributed by atoms with Gasteiger partial charge in [0.1, 0.15) is 5.00 Å². The third-order valence-electron chi connectivity index (χ3n) is 4.80. The molecule has 10 heteroatoms. The number of rotatable bonds is 9. The number of hydrogen-bond donors (Lipinski definition) is 1. The largest absolute Gasteiger partial charge is 0.466 e. The molecule has 0 bridgehead atoms. The summed E-state index contributed by atoms with van der Waals surface area (Å²) in [4.78, 5) is 42.5. The number of esters is 2. The monoisotopic (exact) mass is 496 g/mol. The maximum atomic E-state index is 12.8. The van der Waals surface area contributed by atoms with Crippen LogP contribution in [-0.2, 0) is 38.3 Å². The Morgan fingerprint density at radius 1 is 1.34 bits per heavy atom. The van der Waals surface area contributed by atoms with Crippen molar-refractivity contribution in [3.8, 4) is 0 Å². The predicted octanol–water partition coefficient (Wildman–Crippen LogP) is 4.73. The Kier molecular flexibility index (Phi) is 8.72. The summed E-state index contributed by atoms with van der Waals surface area (Å²) < 4.78 is 11.1. The van der Waals surface area contributed by atoms with E-state index in [2.05, 4.69) is 17.2 Å². The number of nitrogens with one attached hydrogen (secondary N) is 1. The van der Waals surface area contributed by atoms with Crippen molar-refractivity contribution < 1.29 is 23.9 Å². The number of fused-ring (bicyclic) bond motifs is 1. The zero-order valence-corrected chi connectivity index (χ0v) is 21.1. The molecule has 0 aromatic carbocycles. The standard InChI is InChI=1S/C22H28N2O5S3/c1-5-28-18(26)9-14-10-30-22(23-14)31-11-17(25)24-20-19(21(27)29-12(2)3)15-7-6-13(4)8-16(15)32-20/h10,12-13H,5-9,11H2,1-4H3,(H,24,25). The van der Waals surface area contributed by atoms with Gasteiger partial charge in [-0.25, -0.2) is 9.78 Å². The molecule has 2 heterocycles. The third kappa shape index (κ3) is 6.55. The van der Waals surface area contributed by atoms with Crippen molar-refractivity contribution in [2.45, 2.75) is 63.8 Å². The third-order valence-corrected chi connectivity index (χ3v) is 8.04. The second-order valence-electron chi connectivity index (χ2n) is 7.93. The lowest BCUT2D eigenvalue weighted by Crippen LogP contribution is -2.19. The van der Waals surface area contributed by atoms with Crippen molar-refractivity contribution in [1.82, 2.24) is 4.98 Å². The molecular weight excluding hydrogens is 468 g/mol. The van der Waals surface area contributed by atoms with Crippen LogP contribution in [0.3, 0.4) is 0 Å². The van der Waals surface area contributed by atoms with Gasteiger partial charge in [-0.3, -0.25) is 9.59 Å². The molecule has 0 aliphatic heterocycles. The van der Waals surface area contributed by atoms with Crippen LogP contribution in [0.1, 0.15) is 60.6 Å². The van der Waals surface area contributed by atoms with Gasteiger partial charge < -0.3 is 14.8 Å². The summed E-state index contributed by atoms with van der Waals surface area (Å²) in [6.07, 6.45) is 2.65. The van der Waals surface area contributed by atoms with E-state index in [4.69, 9.17) is 9.47 Å². The number of hydrogen-bond acceptors (Lipinski definition) is 9. The molecule has 174 valence electrons. The normalized spacial score (nSPS) is 15.3. The van der Waals surface area contributed by atoms with Gasteiger partial charge in [0.15, 0.2) is 4.34 Å². The molecule has 1 atom stereocenters. The number of thiazole rings is 1. The van der Waals surface area contributed by atoms with E-state index in [0.717, 1.165) is 29.7 Å². The first-order chi connectivity index (χ1) is 15.3. The second kappa shape index (κ2) is 11.3. The highest BCUT2D eigenvalue weighted by molar-refractivity contribution is 8.01. The van der Waals surface area contributed by atoms with Gasteiger partial charge in [-0.2, -0.15) is 0 Å². The van der Waals surface area contributed by atoms with Crippen LogP contribution in [0.4, 0.5) is 5.00 Å². The van der Waals surface area contributed by atoms with Crippen LogP contribution in [0.15, 0.2) is 9.72 Å². The van der Waals surface area contributed by atoms with Gasteiger partial charge >= 0.3 is 11.9 Å². The lowest BCUT2D eigenvalue weighted by molar-refractivity contribution is -0.142. The lowest BCUT2D eigenvalue weighted by atomic mass is 9.88. The maximum absolute atomic E-state index is 12.8. The maximum Gasteiger partial charge on any atom is 0.341 e. The second-order valence-corrected chi connectivity index (χ2v) is 11.1. The SMILES string of the molecule is CCOC(=O)Cc1csc(SCC(=O)Nc2sc3c(c2C(=O)OC(C)C)CCC(C)C3)n1. The molecule has 0 saturated heterocycles. The number of carbonyl (C=O) groups excluding carboxylic acids is 3. The smallest absolute Gasteiger partial charge is 0.341 e. The summed E-state index contributed by atoms with van der Waals surface area (Å²) in [5.74, 6) is -0.183. The molecule has 1 N–H and O–H groups in total. The molecule has 0 spiro atoms. The summed E-state index contributed by atoms with van der Waals surface area (Å²) in [7, 11) is 0. The van der Waals surface area contributed by atoms with Gasteiger partial charge in [0.25, 0.3) is 0 Å². The number of nitrogens with zero attached hydrogens (tertiary/aromatic N) is 1. The van der Waals surface area contributed by atoms with E-state index in [0.29, 0.717) is 33.1 Å². The molecule has 7 nitrogen and oxygen atoms in total. The molecule has 1 unspecified atom stereocenters. The van der Waals surface area contributed by atoms with E-state index in [1.807, 2.05) is 13.8 Å². The minimum atomic E-state index is -0.376. The van der Waals surface area contributed by atoms with Crippen molar-refractivity contribution in [2.75, 3.05) is 17.7 Å². The number of carbonyl (C=O) groups is 3. The summed E-state index contributed by atoms with van der Waals surface area (Å²) in [5, 5.41) is 5.29. The summed E-state index contributed by atoms with van der Waals surface area (Å²) in [6, 6.07) is 0. The molecule has 2 aromatic rings. The fraction of sp³-hybridized carbons (Fsp3) is 0.545. The van der Waals surface area contributed by atoms with Gasteiger partial charge in [0, 0.05) is 10.3 Å². The Labute approximate surface area is 200 Å². The van der Waals surface area contributed by atoms with Gasteiger partial charge in [0.05, 0.1) is 36.1 Å². The van der Waals surface area contributed by atoms with E-state index in [1.54, 1.807) is 12.3 Å². The summed E-state index contributed by atoms with van der Waals surface area (Å²) >= 11 is 4.17. The number of anilines is 1. The van der Waals surface area contributed by atoms with Crippen LogP contribution in [0.2, 0.25) is 0 Å². The molecule has 0 saturated carbocycles. The molecule has 32 heavy (non-hydrogen) atoms. The molecule has 1 aliphatic rings. The van der Waals surface area contributed by atoms with Crippen molar-refractivity contribution in [3.05, 3.63) is 27.1 Å². The first-order valence-electron chi connectivity index (χ1n) is 10.6. The zero-order valence-electron chi connectivity index (χ0n) is 18.7. The molecule has 3 rings (SSSR count). The van der Waals surface area contributed by atoms with Crippen LogP contribution >= 0.6 is 34.4 Å². The number of aromatic nitrogens is 1. The quantitative estimate of drug-likeness (QED) is 0.396. The highest BCUT2D eigenvalue weighted by Crippen LogP contribution is 2.40. The van der Waals surface area contributed by atoms with Crippen molar-refractivity contribution in [3.63, 3.8) is 0 Å².